The van der Waals surface area contributed by atoms with Gasteiger partial charge in [-0.1, -0.05) is 0 Å². The maximum absolute atomic E-state index is 11.9. The Hall–Kier alpha value is -1.67. The predicted molar refractivity (Wildman–Crippen MR) is 77.6 cm³/mol. The number of amides is 2. The zero-order chi connectivity index (χ0) is 14.5. The number of aromatic nitrogens is 1. The van der Waals surface area contributed by atoms with Crippen molar-refractivity contribution >= 4 is 33.6 Å². The van der Waals surface area contributed by atoms with E-state index in [4.69, 9.17) is 5.73 Å². The number of nitrogen functional groups attached to an aromatic ring is 1. The molecule has 1 saturated heterocycles. The number of carbonyl (C=O) groups excluding carboxylic acids is 2. The lowest BCUT2D eigenvalue weighted by Gasteiger charge is -2.21. The lowest BCUT2D eigenvalue weighted by atomic mass is 9.98. The van der Waals surface area contributed by atoms with Gasteiger partial charge in [-0.05, 0) is 47.9 Å². The highest BCUT2D eigenvalue weighted by Crippen LogP contribution is 2.15. The Morgan fingerprint density at radius 3 is 2.75 bits per heavy atom. The summed E-state index contributed by atoms with van der Waals surface area (Å²) in [5.74, 6) is -0.628. The molecule has 0 saturated carbocycles. The summed E-state index contributed by atoms with van der Waals surface area (Å²) < 4.78 is 0.640. The van der Waals surface area contributed by atoms with Crippen molar-refractivity contribution in [2.24, 2.45) is 5.92 Å². The summed E-state index contributed by atoms with van der Waals surface area (Å²) in [6.45, 7) is 1.63. The second-order valence-electron chi connectivity index (χ2n) is 4.55. The third-order valence-electron chi connectivity index (χ3n) is 3.14. The Morgan fingerprint density at radius 1 is 1.35 bits per heavy atom. The highest BCUT2D eigenvalue weighted by atomic mass is 79.9. The molecule has 1 fully saturated rings. The van der Waals surface area contributed by atoms with Crippen molar-refractivity contribution in [3.8, 4) is 0 Å². The maximum Gasteiger partial charge on any atom is 0.273 e. The number of nitrogens with one attached hydrogen (secondary N) is 3. The van der Waals surface area contributed by atoms with Crippen LogP contribution in [0.15, 0.2) is 16.7 Å². The van der Waals surface area contributed by atoms with Crippen LogP contribution in [0.25, 0.3) is 0 Å². The van der Waals surface area contributed by atoms with Gasteiger partial charge in [0.05, 0.1) is 5.56 Å². The highest BCUT2D eigenvalue weighted by molar-refractivity contribution is 9.10. The van der Waals surface area contributed by atoms with Crippen LogP contribution in [0.4, 0.5) is 5.82 Å². The summed E-state index contributed by atoms with van der Waals surface area (Å²) in [5.41, 5.74) is 10.6. The van der Waals surface area contributed by atoms with Crippen LogP contribution in [0, 0.1) is 5.92 Å². The van der Waals surface area contributed by atoms with Crippen LogP contribution < -0.4 is 21.9 Å². The number of nitrogens with zero attached hydrogens (tertiary/aromatic N) is 1. The minimum Gasteiger partial charge on any atom is -0.383 e. The van der Waals surface area contributed by atoms with Gasteiger partial charge in [0.2, 0.25) is 5.91 Å². The lowest BCUT2D eigenvalue weighted by Crippen LogP contribution is -2.46. The Bertz CT molecular complexity index is 517. The van der Waals surface area contributed by atoms with E-state index in [0.29, 0.717) is 4.47 Å². The van der Waals surface area contributed by atoms with Crippen molar-refractivity contribution < 1.29 is 9.59 Å². The molecular formula is C12H16BrN5O2. The SMILES string of the molecule is Nc1ncc(Br)cc1C(=O)NNC(=O)C1CCNCC1. The van der Waals surface area contributed by atoms with Crippen LogP contribution >= 0.6 is 15.9 Å². The first-order valence-corrected chi connectivity index (χ1v) is 7.09. The van der Waals surface area contributed by atoms with E-state index < -0.39 is 5.91 Å². The molecule has 8 heteroatoms. The molecule has 7 nitrogen and oxygen atoms in total. The molecule has 0 atom stereocenters. The molecule has 0 spiro atoms. The first-order valence-electron chi connectivity index (χ1n) is 6.30. The monoisotopic (exact) mass is 341 g/mol. The third kappa shape index (κ3) is 3.67. The summed E-state index contributed by atoms with van der Waals surface area (Å²) in [4.78, 5) is 27.7. The lowest BCUT2D eigenvalue weighted by molar-refractivity contribution is -0.126. The fourth-order valence-corrected chi connectivity index (χ4v) is 2.33. The molecule has 0 aromatic carbocycles. The zero-order valence-electron chi connectivity index (χ0n) is 10.8. The van der Waals surface area contributed by atoms with Gasteiger partial charge in [0.25, 0.3) is 5.91 Å². The van der Waals surface area contributed by atoms with E-state index in [1.807, 2.05) is 0 Å². The molecule has 0 aliphatic carbocycles. The van der Waals surface area contributed by atoms with Gasteiger partial charge < -0.3 is 11.1 Å². The number of pyridine rings is 1. The maximum atomic E-state index is 11.9. The van der Waals surface area contributed by atoms with Crippen molar-refractivity contribution in [3.63, 3.8) is 0 Å². The van der Waals surface area contributed by atoms with Gasteiger partial charge in [-0.2, -0.15) is 0 Å². The smallest absolute Gasteiger partial charge is 0.273 e. The highest BCUT2D eigenvalue weighted by Gasteiger charge is 2.21. The van der Waals surface area contributed by atoms with Crippen LogP contribution in [0.3, 0.4) is 0 Å². The van der Waals surface area contributed by atoms with Crippen LogP contribution in [0.2, 0.25) is 0 Å². The summed E-state index contributed by atoms with van der Waals surface area (Å²) in [6, 6.07) is 1.55. The van der Waals surface area contributed by atoms with E-state index in [-0.39, 0.29) is 23.2 Å². The molecule has 0 radical (unpaired) electrons. The van der Waals surface area contributed by atoms with Gasteiger partial charge in [0, 0.05) is 16.6 Å². The molecule has 1 aliphatic heterocycles. The average Bonchev–Trinajstić information content (AvgIpc) is 2.47. The van der Waals surface area contributed by atoms with Crippen LogP contribution in [-0.4, -0.2) is 29.9 Å². The number of nitrogens with two attached hydrogens (primary N) is 1. The van der Waals surface area contributed by atoms with Crippen molar-refractivity contribution in [1.82, 2.24) is 21.2 Å². The van der Waals surface area contributed by atoms with Gasteiger partial charge in [-0.3, -0.25) is 20.4 Å². The second kappa shape index (κ2) is 6.67. The quantitative estimate of drug-likeness (QED) is 0.574. The summed E-state index contributed by atoms with van der Waals surface area (Å²) in [5, 5.41) is 3.18. The minimum absolute atomic E-state index is 0.0745. The summed E-state index contributed by atoms with van der Waals surface area (Å²) in [6.07, 6.45) is 3.03. The molecule has 20 heavy (non-hydrogen) atoms. The second-order valence-corrected chi connectivity index (χ2v) is 5.47. The number of halogens is 1. The summed E-state index contributed by atoms with van der Waals surface area (Å²) >= 11 is 3.21. The molecule has 2 amide bonds. The van der Waals surface area contributed by atoms with Gasteiger partial charge in [0.15, 0.2) is 0 Å². The Balaban J connectivity index is 1.91. The Labute approximate surface area is 124 Å². The van der Waals surface area contributed by atoms with E-state index in [1.165, 1.54) is 6.20 Å². The van der Waals surface area contributed by atoms with E-state index >= 15 is 0 Å². The predicted octanol–water partition coefficient (Wildman–Crippen LogP) is 0.187. The third-order valence-corrected chi connectivity index (χ3v) is 3.57. The van der Waals surface area contributed by atoms with Crippen LogP contribution in [-0.2, 0) is 4.79 Å². The van der Waals surface area contributed by atoms with Crippen molar-refractivity contribution in [2.45, 2.75) is 12.8 Å². The number of anilines is 1. The largest absolute Gasteiger partial charge is 0.383 e. The standard InChI is InChI=1S/C12H16BrN5O2/c13-8-5-9(10(14)16-6-8)12(20)18-17-11(19)7-1-3-15-4-2-7/h5-7,15H,1-4H2,(H2,14,16)(H,17,19)(H,18,20). The van der Waals surface area contributed by atoms with E-state index in [0.717, 1.165) is 25.9 Å². The van der Waals surface area contributed by atoms with E-state index in [9.17, 15) is 9.59 Å². The first-order chi connectivity index (χ1) is 9.58. The number of piperidine rings is 1. The van der Waals surface area contributed by atoms with Gasteiger partial charge >= 0.3 is 0 Å². The zero-order valence-corrected chi connectivity index (χ0v) is 12.4. The molecular weight excluding hydrogens is 326 g/mol. The molecule has 1 aliphatic rings. The molecule has 2 heterocycles. The minimum atomic E-state index is -0.487. The van der Waals surface area contributed by atoms with Crippen LogP contribution in [0.1, 0.15) is 23.2 Å². The summed E-state index contributed by atoms with van der Waals surface area (Å²) in [7, 11) is 0. The van der Waals surface area contributed by atoms with Gasteiger partial charge in [-0.25, -0.2) is 4.98 Å². The van der Waals surface area contributed by atoms with Crippen LogP contribution in [0.5, 0.6) is 0 Å². The molecule has 1 aromatic rings. The Morgan fingerprint density at radius 2 is 2.05 bits per heavy atom. The number of hydrogen-bond donors (Lipinski definition) is 4. The van der Waals surface area contributed by atoms with Crippen molar-refractivity contribution in [2.75, 3.05) is 18.8 Å². The molecule has 2 rings (SSSR count). The number of hydrazine groups is 1. The normalized spacial score (nSPS) is 15.7. The van der Waals surface area contributed by atoms with Crippen molar-refractivity contribution in [1.29, 1.82) is 0 Å². The fraction of sp³-hybridized carbons (Fsp3) is 0.417. The molecule has 108 valence electrons. The molecule has 5 N–H and O–H groups in total. The number of rotatable bonds is 2. The molecule has 1 aromatic heterocycles. The van der Waals surface area contributed by atoms with Gasteiger partial charge in [-0.15, -0.1) is 0 Å². The van der Waals surface area contributed by atoms with E-state index in [1.54, 1.807) is 6.07 Å². The Kier molecular flexibility index (Phi) is 4.91. The topological polar surface area (TPSA) is 109 Å². The average molecular weight is 342 g/mol. The molecule has 0 unspecified atom stereocenters. The van der Waals surface area contributed by atoms with Crippen molar-refractivity contribution in [3.05, 3.63) is 22.3 Å². The fourth-order valence-electron chi connectivity index (χ4n) is 2.00. The first kappa shape index (κ1) is 14.7. The molecule has 0 bridgehead atoms. The van der Waals surface area contributed by atoms with Gasteiger partial charge in [0.1, 0.15) is 5.82 Å². The van der Waals surface area contributed by atoms with E-state index in [2.05, 4.69) is 37.1 Å². The number of hydrogen-bond acceptors (Lipinski definition) is 5. The number of carbonyl (C=O) groups is 2.